The highest BCUT2D eigenvalue weighted by molar-refractivity contribution is 7.10. The lowest BCUT2D eigenvalue weighted by molar-refractivity contribution is 0.743. The number of fused-ring (bicyclic) bond motifs is 8. The molecule has 0 aliphatic carbocycles. The molecule has 0 radical (unpaired) electrons. The molecular weight excluding hydrogens is 420 g/mol. The zero-order valence-corrected chi connectivity index (χ0v) is 19.1. The summed E-state index contributed by atoms with van der Waals surface area (Å²) in [5.74, 6) is 0. The fourth-order valence-corrected chi connectivity index (χ4v) is 6.73. The Bertz CT molecular complexity index is 1470. The van der Waals surface area contributed by atoms with Gasteiger partial charge in [-0.05, 0) is 65.4 Å². The Balaban J connectivity index is 1.64. The second kappa shape index (κ2) is 6.84. The third kappa shape index (κ3) is 2.43. The highest BCUT2D eigenvalue weighted by Gasteiger charge is 2.50. The summed E-state index contributed by atoms with van der Waals surface area (Å²) in [7, 11) is 0. The standard InChI is InChI=1S/C30H22N2S/c1-20-14-16-21(17-15-20)32-27-12-6-3-9-23(27)30(24-10-4-7-13-28(24)32)22-8-2-5-11-25(22)31-26-18-19-33-29(26)30/h2-19,31H,1H3. The minimum absolute atomic E-state index is 0.361. The Morgan fingerprint density at radius 2 is 1.24 bits per heavy atom. The van der Waals surface area contributed by atoms with E-state index >= 15 is 0 Å². The summed E-state index contributed by atoms with van der Waals surface area (Å²) in [6, 6.07) is 37.7. The van der Waals surface area contributed by atoms with Crippen molar-refractivity contribution < 1.29 is 0 Å². The summed E-state index contributed by atoms with van der Waals surface area (Å²) in [6.45, 7) is 2.14. The normalized spacial score (nSPS) is 14.6. The number of rotatable bonds is 1. The van der Waals surface area contributed by atoms with Gasteiger partial charge in [-0.25, -0.2) is 0 Å². The average molecular weight is 443 g/mol. The van der Waals surface area contributed by atoms with E-state index in [0.717, 1.165) is 0 Å². The van der Waals surface area contributed by atoms with Crippen molar-refractivity contribution in [2.45, 2.75) is 12.3 Å². The van der Waals surface area contributed by atoms with E-state index in [-0.39, 0.29) is 5.41 Å². The number of para-hydroxylation sites is 3. The molecule has 2 aliphatic heterocycles. The average Bonchev–Trinajstić information content (AvgIpc) is 3.34. The topological polar surface area (TPSA) is 15.3 Å². The van der Waals surface area contributed by atoms with Crippen LogP contribution in [-0.2, 0) is 5.41 Å². The summed E-state index contributed by atoms with van der Waals surface area (Å²) < 4.78 is 0. The zero-order chi connectivity index (χ0) is 22.0. The van der Waals surface area contributed by atoms with E-state index in [0.29, 0.717) is 0 Å². The van der Waals surface area contributed by atoms with E-state index in [1.807, 2.05) is 11.3 Å². The first-order valence-corrected chi connectivity index (χ1v) is 12.2. The quantitative estimate of drug-likeness (QED) is 0.275. The number of anilines is 5. The van der Waals surface area contributed by atoms with Crippen LogP contribution in [0.3, 0.4) is 0 Å². The molecule has 1 aromatic heterocycles. The van der Waals surface area contributed by atoms with E-state index in [1.54, 1.807) is 0 Å². The second-order valence-corrected chi connectivity index (χ2v) is 9.71. The highest BCUT2D eigenvalue weighted by atomic mass is 32.1. The predicted octanol–water partition coefficient (Wildman–Crippen LogP) is 8.28. The van der Waals surface area contributed by atoms with Crippen LogP contribution in [0.25, 0.3) is 0 Å². The number of hydrogen-bond acceptors (Lipinski definition) is 3. The van der Waals surface area contributed by atoms with Gasteiger partial charge in [-0.1, -0.05) is 72.3 Å². The Morgan fingerprint density at radius 3 is 1.94 bits per heavy atom. The lowest BCUT2D eigenvalue weighted by atomic mass is 9.63. The van der Waals surface area contributed by atoms with E-state index in [1.165, 1.54) is 55.6 Å². The molecule has 4 aromatic carbocycles. The minimum atomic E-state index is -0.361. The molecule has 1 spiro atoms. The number of nitrogens with one attached hydrogen (secondary N) is 1. The van der Waals surface area contributed by atoms with E-state index < -0.39 is 0 Å². The van der Waals surface area contributed by atoms with Gasteiger partial charge >= 0.3 is 0 Å². The van der Waals surface area contributed by atoms with Crippen molar-refractivity contribution in [3.63, 3.8) is 0 Å². The number of nitrogens with zero attached hydrogens (tertiary/aromatic N) is 1. The molecule has 5 aromatic rings. The molecule has 1 N–H and O–H groups in total. The van der Waals surface area contributed by atoms with Gasteiger partial charge in [-0.3, -0.25) is 0 Å². The summed E-state index contributed by atoms with van der Waals surface area (Å²) >= 11 is 1.84. The third-order valence-corrected chi connectivity index (χ3v) is 8.03. The maximum atomic E-state index is 3.70. The zero-order valence-electron chi connectivity index (χ0n) is 18.2. The monoisotopic (exact) mass is 442 g/mol. The molecule has 0 unspecified atom stereocenters. The largest absolute Gasteiger partial charge is 0.354 e. The lowest BCUT2D eigenvalue weighted by Crippen LogP contribution is -2.39. The van der Waals surface area contributed by atoms with Crippen LogP contribution >= 0.6 is 11.3 Å². The van der Waals surface area contributed by atoms with Crippen molar-refractivity contribution in [2.75, 3.05) is 10.2 Å². The molecule has 0 atom stereocenters. The van der Waals surface area contributed by atoms with Crippen molar-refractivity contribution in [2.24, 2.45) is 0 Å². The molecule has 3 heterocycles. The van der Waals surface area contributed by atoms with Crippen LogP contribution in [0.5, 0.6) is 0 Å². The van der Waals surface area contributed by atoms with Crippen LogP contribution in [0.2, 0.25) is 0 Å². The number of thiophene rings is 1. The first-order chi connectivity index (χ1) is 16.3. The fourth-order valence-electron chi connectivity index (χ4n) is 5.64. The molecule has 0 amide bonds. The fraction of sp³-hybridized carbons (Fsp3) is 0.0667. The van der Waals surface area contributed by atoms with Gasteiger partial charge in [-0.15, -0.1) is 11.3 Å². The van der Waals surface area contributed by atoms with Crippen LogP contribution in [0.4, 0.5) is 28.4 Å². The first-order valence-electron chi connectivity index (χ1n) is 11.3. The SMILES string of the molecule is Cc1ccc(N2c3ccccc3C3(c4ccccc4Nc4ccsc43)c3ccccc32)cc1. The molecule has 2 aliphatic rings. The van der Waals surface area contributed by atoms with Gasteiger partial charge in [0.2, 0.25) is 0 Å². The van der Waals surface area contributed by atoms with Crippen molar-refractivity contribution in [3.8, 4) is 0 Å². The molecule has 33 heavy (non-hydrogen) atoms. The summed E-state index contributed by atoms with van der Waals surface area (Å²) in [4.78, 5) is 3.78. The van der Waals surface area contributed by atoms with Crippen molar-refractivity contribution >= 4 is 39.8 Å². The van der Waals surface area contributed by atoms with Crippen LogP contribution in [0.15, 0.2) is 109 Å². The van der Waals surface area contributed by atoms with Gasteiger partial charge in [0.15, 0.2) is 0 Å². The van der Waals surface area contributed by atoms with Gasteiger partial charge < -0.3 is 10.2 Å². The summed E-state index contributed by atoms with van der Waals surface area (Å²) in [5.41, 5.74) is 10.9. The number of benzene rings is 4. The number of aryl methyl sites for hydroxylation is 1. The molecule has 158 valence electrons. The van der Waals surface area contributed by atoms with Crippen LogP contribution in [-0.4, -0.2) is 0 Å². The Labute approximate surface area is 197 Å². The summed E-state index contributed by atoms with van der Waals surface area (Å²) in [6.07, 6.45) is 0. The predicted molar refractivity (Wildman–Crippen MR) is 139 cm³/mol. The molecule has 0 saturated heterocycles. The van der Waals surface area contributed by atoms with Gasteiger partial charge in [0.25, 0.3) is 0 Å². The van der Waals surface area contributed by atoms with E-state index in [2.05, 4.69) is 126 Å². The van der Waals surface area contributed by atoms with Crippen LogP contribution in [0, 0.1) is 6.92 Å². The second-order valence-electron chi connectivity index (χ2n) is 8.79. The molecule has 3 heteroatoms. The van der Waals surface area contributed by atoms with Gasteiger partial charge in [0.1, 0.15) is 0 Å². The maximum absolute atomic E-state index is 3.70. The molecule has 7 rings (SSSR count). The maximum Gasteiger partial charge on any atom is 0.0875 e. The first kappa shape index (κ1) is 18.7. The lowest BCUT2D eigenvalue weighted by Gasteiger charge is -2.48. The minimum Gasteiger partial charge on any atom is -0.354 e. The Morgan fingerprint density at radius 1 is 0.636 bits per heavy atom. The van der Waals surface area contributed by atoms with Crippen molar-refractivity contribution in [1.29, 1.82) is 0 Å². The van der Waals surface area contributed by atoms with Gasteiger partial charge in [0.05, 0.1) is 22.5 Å². The smallest absolute Gasteiger partial charge is 0.0875 e. The van der Waals surface area contributed by atoms with Crippen LogP contribution in [0.1, 0.15) is 27.1 Å². The van der Waals surface area contributed by atoms with Gasteiger partial charge in [0, 0.05) is 16.3 Å². The van der Waals surface area contributed by atoms with Crippen molar-refractivity contribution in [3.05, 3.63) is 136 Å². The van der Waals surface area contributed by atoms with E-state index in [4.69, 9.17) is 0 Å². The molecule has 0 saturated carbocycles. The van der Waals surface area contributed by atoms with Gasteiger partial charge in [-0.2, -0.15) is 0 Å². The Hall–Kier alpha value is -3.82. The summed E-state index contributed by atoms with van der Waals surface area (Å²) in [5, 5.41) is 5.91. The third-order valence-electron chi connectivity index (χ3n) is 7.00. The molecule has 2 nitrogen and oxygen atoms in total. The number of hydrogen-bond donors (Lipinski definition) is 1. The molecule has 0 fully saturated rings. The molecule has 0 bridgehead atoms. The highest BCUT2D eigenvalue weighted by Crippen LogP contribution is 2.62. The van der Waals surface area contributed by atoms with Crippen molar-refractivity contribution in [1.82, 2.24) is 0 Å². The molecular formula is C30H22N2S. The van der Waals surface area contributed by atoms with E-state index in [9.17, 15) is 0 Å². The van der Waals surface area contributed by atoms with Crippen LogP contribution < -0.4 is 10.2 Å². The Kier molecular flexibility index (Phi) is 3.88.